The van der Waals surface area contributed by atoms with Crippen molar-refractivity contribution in [2.45, 2.75) is 133 Å². The number of nitrogens with two attached hydrogens (primary N) is 1. The Morgan fingerprint density at radius 2 is 1.06 bits per heavy atom. The van der Waals surface area contributed by atoms with Gasteiger partial charge < -0.3 is 76.2 Å². The normalized spacial score (nSPS) is 39.1. The van der Waals surface area contributed by atoms with Crippen molar-refractivity contribution < 1.29 is 78.0 Å². The fraction of sp³-hybridized carbons (Fsp3) is 0.750. The van der Waals surface area contributed by atoms with E-state index in [1.807, 2.05) is 0 Å². The smallest absolute Gasteiger partial charge is 0.335 e. The summed E-state index contributed by atoms with van der Waals surface area (Å²) in [5.41, 5.74) is 5.72. The van der Waals surface area contributed by atoms with Gasteiger partial charge in [-0.1, -0.05) is 0 Å². The minimum absolute atomic E-state index is 0.132. The fourth-order valence-corrected chi connectivity index (χ4v) is 5.99. The molecule has 0 aliphatic carbocycles. The summed E-state index contributed by atoms with van der Waals surface area (Å²) >= 11 is 0. The summed E-state index contributed by atoms with van der Waals surface area (Å²) < 4.78 is 28.6. The van der Waals surface area contributed by atoms with Crippen LogP contribution in [0.1, 0.15) is 41.5 Å². The highest BCUT2D eigenvalue weighted by Gasteiger charge is 2.57. The van der Waals surface area contributed by atoms with Crippen molar-refractivity contribution in [3.63, 3.8) is 0 Å². The van der Waals surface area contributed by atoms with Gasteiger partial charge in [-0.25, -0.2) is 9.59 Å². The number of aliphatic hydroxyl groups excluding tert-OH is 3. The maximum atomic E-state index is 12.8. The van der Waals surface area contributed by atoms with Crippen molar-refractivity contribution >= 4 is 41.4 Å². The number of nitrogens with one attached hydrogen (secondary N) is 4. The van der Waals surface area contributed by atoms with Gasteiger partial charge in [0.1, 0.15) is 48.6 Å². The fourth-order valence-electron chi connectivity index (χ4n) is 5.99. The first kappa shape index (κ1) is 40.4. The lowest BCUT2D eigenvalue weighted by molar-refractivity contribution is -0.325. The van der Waals surface area contributed by atoms with Crippen LogP contribution in [0, 0.1) is 0 Å². The molecule has 22 nitrogen and oxygen atoms in total. The molecule has 22 heteroatoms. The molecule has 282 valence electrons. The van der Waals surface area contributed by atoms with Crippen LogP contribution in [0.25, 0.3) is 0 Å². The van der Waals surface area contributed by atoms with E-state index >= 15 is 0 Å². The number of rotatable bonds is 11. The summed E-state index contributed by atoms with van der Waals surface area (Å²) in [7, 11) is 0. The highest BCUT2D eigenvalue weighted by atomic mass is 16.7. The van der Waals surface area contributed by atoms with E-state index in [9.17, 15) is 54.3 Å². The van der Waals surface area contributed by atoms with Crippen LogP contribution in [0.4, 0.5) is 0 Å². The van der Waals surface area contributed by atoms with E-state index in [2.05, 4.69) is 26.3 Å². The quantitative estimate of drug-likeness (QED) is 0.0703. The molecule has 4 amide bonds. The number of carboxylic acids is 2. The average molecular weight is 721 g/mol. The minimum atomic E-state index is -2.13. The van der Waals surface area contributed by atoms with E-state index in [1.54, 1.807) is 0 Å². The number of ether oxygens (including phenoxy) is 5. The van der Waals surface area contributed by atoms with Gasteiger partial charge in [-0.2, -0.15) is 0 Å². The molecule has 3 aliphatic rings. The monoisotopic (exact) mass is 720 g/mol. The number of amides is 4. The van der Waals surface area contributed by atoms with Crippen molar-refractivity contribution in [2.75, 3.05) is 0 Å². The van der Waals surface area contributed by atoms with Gasteiger partial charge in [-0.15, -0.1) is 0 Å². The Morgan fingerprint density at radius 3 is 1.56 bits per heavy atom. The van der Waals surface area contributed by atoms with E-state index < -0.39 is 127 Å². The Morgan fingerprint density at radius 1 is 0.620 bits per heavy atom. The number of hydrogen-bond acceptors (Lipinski definition) is 15. The Hall–Kier alpha value is -4.03. The zero-order chi connectivity index (χ0) is 37.8. The molecule has 0 aromatic carbocycles. The van der Waals surface area contributed by atoms with Crippen molar-refractivity contribution in [1.82, 2.24) is 21.3 Å². The third kappa shape index (κ3) is 9.60. The Kier molecular flexibility index (Phi) is 13.6. The van der Waals surface area contributed by atoms with E-state index in [0.29, 0.717) is 0 Å². The minimum Gasteiger partial charge on any atom is -0.479 e. The predicted octanol–water partition coefficient (Wildman–Crippen LogP) is -5.40. The van der Waals surface area contributed by atoms with Crippen molar-refractivity contribution in [1.29, 1.82) is 0 Å². The van der Waals surface area contributed by atoms with E-state index in [-0.39, 0.29) is 5.84 Å². The maximum absolute atomic E-state index is 12.8. The maximum Gasteiger partial charge on any atom is 0.335 e. The number of carbonyl (C=O) groups excluding carboxylic acids is 4. The highest BCUT2D eigenvalue weighted by Crippen LogP contribution is 2.33. The molecule has 0 bridgehead atoms. The summed E-state index contributed by atoms with van der Waals surface area (Å²) in [6.45, 7) is 7.03. The van der Waals surface area contributed by atoms with E-state index in [0.717, 1.165) is 27.7 Å². The topological polar surface area (TPSA) is 336 Å². The van der Waals surface area contributed by atoms with Crippen LogP contribution in [0.3, 0.4) is 0 Å². The lowest BCUT2D eigenvalue weighted by atomic mass is 9.91. The van der Waals surface area contributed by atoms with Crippen LogP contribution in [0.5, 0.6) is 0 Å². The van der Waals surface area contributed by atoms with Crippen LogP contribution in [0.2, 0.25) is 0 Å². The van der Waals surface area contributed by atoms with Gasteiger partial charge in [0, 0.05) is 27.7 Å². The van der Waals surface area contributed by atoms with Gasteiger partial charge >= 0.3 is 11.9 Å². The van der Waals surface area contributed by atoms with Gasteiger partial charge in [-0.05, 0) is 13.8 Å². The van der Waals surface area contributed by atoms with Crippen LogP contribution >= 0.6 is 0 Å². The Labute approximate surface area is 285 Å². The molecule has 3 rings (SSSR count). The molecule has 0 saturated carbocycles. The first-order valence-corrected chi connectivity index (χ1v) is 15.4. The molecule has 0 aromatic heterocycles. The number of nitrogens with zero attached hydrogens (tertiary/aromatic N) is 1. The molecule has 11 N–H and O–H groups in total. The zero-order valence-corrected chi connectivity index (χ0v) is 27.9. The van der Waals surface area contributed by atoms with Crippen LogP contribution in [0.15, 0.2) is 4.99 Å². The number of aliphatic imine (C=N–C) groups is 1. The molecule has 0 spiro atoms. The third-order valence-corrected chi connectivity index (χ3v) is 7.95. The van der Waals surface area contributed by atoms with Crippen molar-refractivity contribution in [3.05, 3.63) is 0 Å². The molecule has 0 radical (unpaired) electrons. The summed E-state index contributed by atoms with van der Waals surface area (Å²) in [5, 5.41) is 62.3. The molecule has 15 atom stereocenters. The van der Waals surface area contributed by atoms with Crippen LogP contribution < -0.4 is 27.0 Å². The number of carboxylic acid groups (broad SMARTS) is 2. The SMILES string of the molecule is CC(=O)N[C@@H]1[C@H](O[C@H]2[C@H](NC(C)=O)[C@H](NC(C)=O)[C@H](O[C@H]3[C@@H](O)[C@@H](C)O[C@H](O)[C@@H]3NC(C)=O)O[C@@H]2C(=O)O)O[C@H](C(=O)O)[C@@H](O)[C@@H]1N=C(C)N. The predicted molar refractivity (Wildman–Crippen MR) is 162 cm³/mol. The molecule has 3 heterocycles. The summed E-state index contributed by atoms with van der Waals surface area (Å²) in [6.07, 6.45) is -17.6. The molecule has 3 saturated heterocycles. The molecule has 0 unspecified atom stereocenters. The van der Waals surface area contributed by atoms with E-state index in [4.69, 9.17) is 29.4 Å². The number of aliphatic carboxylic acids is 2. The van der Waals surface area contributed by atoms with Gasteiger partial charge in [-0.3, -0.25) is 24.2 Å². The van der Waals surface area contributed by atoms with Crippen LogP contribution in [-0.2, 0) is 52.5 Å². The van der Waals surface area contributed by atoms with Gasteiger partial charge in [0.15, 0.2) is 31.1 Å². The molecular weight excluding hydrogens is 676 g/mol. The third-order valence-electron chi connectivity index (χ3n) is 7.95. The summed E-state index contributed by atoms with van der Waals surface area (Å²) in [4.78, 5) is 78.2. The first-order chi connectivity index (χ1) is 23.2. The highest BCUT2D eigenvalue weighted by molar-refractivity contribution is 5.79. The lowest BCUT2D eigenvalue weighted by Crippen LogP contribution is -2.74. The number of aliphatic hydroxyl groups is 3. The molecule has 3 aliphatic heterocycles. The Bertz CT molecular complexity index is 1330. The van der Waals surface area contributed by atoms with Gasteiger partial charge in [0.05, 0.1) is 18.0 Å². The van der Waals surface area contributed by atoms with Crippen LogP contribution in [-0.4, -0.2) is 159 Å². The van der Waals surface area contributed by atoms with Crippen molar-refractivity contribution in [2.24, 2.45) is 10.7 Å². The molecular formula is C28H44N6O16. The second-order valence-corrected chi connectivity index (χ2v) is 12.1. The second-order valence-electron chi connectivity index (χ2n) is 12.1. The van der Waals surface area contributed by atoms with Gasteiger partial charge in [0.2, 0.25) is 23.6 Å². The van der Waals surface area contributed by atoms with Gasteiger partial charge in [0.25, 0.3) is 0 Å². The largest absolute Gasteiger partial charge is 0.479 e. The molecule has 50 heavy (non-hydrogen) atoms. The Balaban J connectivity index is 2.14. The summed E-state index contributed by atoms with van der Waals surface area (Å²) in [5.74, 6) is -6.45. The number of amidine groups is 1. The average Bonchev–Trinajstić information content (AvgIpc) is 2.97. The lowest BCUT2D eigenvalue weighted by Gasteiger charge is -2.50. The van der Waals surface area contributed by atoms with Crippen molar-refractivity contribution in [3.8, 4) is 0 Å². The second kappa shape index (κ2) is 16.8. The molecule has 0 aromatic rings. The summed E-state index contributed by atoms with van der Waals surface area (Å²) in [6, 6.07) is -7.61. The zero-order valence-electron chi connectivity index (χ0n) is 27.9. The molecule has 3 fully saturated rings. The van der Waals surface area contributed by atoms with E-state index in [1.165, 1.54) is 13.8 Å². The first-order valence-electron chi connectivity index (χ1n) is 15.4. The number of hydrogen-bond donors (Lipinski definition) is 10. The number of carbonyl (C=O) groups is 6. The standard InChI is InChI=1S/C28H44N6O16/c1-7-18(39)20(17(26(45)46-7)34-12(6)38)47-28-16(33-11(5)37)14(31-9(3)35)21(23(50-28)25(43)44)48-27-15(32-10(4)36)13(30-8(2)29)19(40)22(49-27)24(41)42/h7,13-23,26-28,39-40,45H,1-6H3,(H2,29,30)(H,31,35)(H,32,36)(H,33,37)(H,34,38)(H,41,42)(H,43,44)/t7-,13-,14-,15+,16+,17-,18+,19+,20-,21+,22+,23+,26+,27-,28-/m1/s1.